The van der Waals surface area contributed by atoms with E-state index >= 15 is 0 Å². The van der Waals surface area contributed by atoms with Gasteiger partial charge in [-0.3, -0.25) is 4.79 Å². The van der Waals surface area contributed by atoms with E-state index in [1.807, 2.05) is 19.0 Å². The molecule has 0 saturated heterocycles. The summed E-state index contributed by atoms with van der Waals surface area (Å²) in [4.78, 5) is 13.1. The number of nitrogens with zero attached hydrogens (tertiary/aromatic N) is 1. The van der Waals surface area contributed by atoms with Gasteiger partial charge in [0.25, 0.3) is 0 Å². The van der Waals surface area contributed by atoms with Gasteiger partial charge in [-0.1, -0.05) is 26.2 Å². The summed E-state index contributed by atoms with van der Waals surface area (Å²) in [5, 5.41) is 0. The first kappa shape index (κ1) is 14.0. The molecule has 3 heteroatoms. The van der Waals surface area contributed by atoms with Crippen LogP contribution in [0.3, 0.4) is 0 Å². The Labute approximate surface area is 93.3 Å². The first-order chi connectivity index (χ1) is 7.00. The standard InChI is InChI=1S/C12H24N2O/c1-5-6-7-8-9-11(14(3)4)10(2)12(13)15/h5-9H2,1-4H3,(H2,13,15). The summed E-state index contributed by atoms with van der Waals surface area (Å²) in [6.07, 6.45) is 5.79. The number of rotatable bonds is 7. The van der Waals surface area contributed by atoms with E-state index in [1.54, 1.807) is 6.92 Å². The Morgan fingerprint density at radius 3 is 2.20 bits per heavy atom. The molecule has 0 spiro atoms. The number of allylic oxidation sites excluding steroid dienone is 1. The Hall–Kier alpha value is -0.990. The number of hydrogen-bond acceptors (Lipinski definition) is 2. The van der Waals surface area contributed by atoms with E-state index in [-0.39, 0.29) is 5.91 Å². The van der Waals surface area contributed by atoms with Gasteiger partial charge in [0.05, 0.1) is 0 Å². The molecule has 2 N–H and O–H groups in total. The molecule has 0 atom stereocenters. The van der Waals surface area contributed by atoms with E-state index < -0.39 is 0 Å². The predicted octanol–water partition coefficient (Wildman–Crippen LogP) is 2.28. The summed E-state index contributed by atoms with van der Waals surface area (Å²) in [5.41, 5.74) is 7.04. The maximum atomic E-state index is 11.1. The highest BCUT2D eigenvalue weighted by atomic mass is 16.1. The molecule has 0 rings (SSSR count). The Bertz CT molecular complexity index is 232. The van der Waals surface area contributed by atoms with Crippen LogP contribution in [0.5, 0.6) is 0 Å². The van der Waals surface area contributed by atoms with Crippen molar-refractivity contribution in [2.24, 2.45) is 5.73 Å². The van der Waals surface area contributed by atoms with Crippen molar-refractivity contribution < 1.29 is 4.79 Å². The van der Waals surface area contributed by atoms with Crippen LogP contribution in [0, 0.1) is 0 Å². The van der Waals surface area contributed by atoms with Crippen molar-refractivity contribution in [2.75, 3.05) is 14.1 Å². The Balaban J connectivity index is 4.29. The zero-order valence-corrected chi connectivity index (χ0v) is 10.5. The first-order valence-corrected chi connectivity index (χ1v) is 5.67. The molecule has 1 amide bonds. The van der Waals surface area contributed by atoms with Crippen molar-refractivity contribution in [1.29, 1.82) is 0 Å². The summed E-state index contributed by atoms with van der Waals surface area (Å²) in [7, 11) is 3.92. The lowest BCUT2D eigenvalue weighted by atomic mass is 10.1. The third kappa shape index (κ3) is 5.45. The van der Waals surface area contributed by atoms with Crippen LogP contribution in [-0.4, -0.2) is 24.9 Å². The first-order valence-electron chi connectivity index (χ1n) is 5.67. The van der Waals surface area contributed by atoms with E-state index in [0.29, 0.717) is 5.57 Å². The van der Waals surface area contributed by atoms with Gasteiger partial charge in [-0.15, -0.1) is 0 Å². The molecule has 0 fully saturated rings. The average molecular weight is 212 g/mol. The minimum Gasteiger partial charge on any atom is -0.381 e. The number of nitrogens with two attached hydrogens (primary N) is 1. The van der Waals surface area contributed by atoms with Gasteiger partial charge >= 0.3 is 0 Å². The lowest BCUT2D eigenvalue weighted by Gasteiger charge is -2.19. The number of carbonyl (C=O) groups is 1. The number of primary amides is 1. The highest BCUT2D eigenvalue weighted by molar-refractivity contribution is 5.91. The minimum atomic E-state index is -0.311. The summed E-state index contributed by atoms with van der Waals surface area (Å²) in [6.45, 7) is 3.99. The fourth-order valence-electron chi connectivity index (χ4n) is 1.61. The maximum Gasteiger partial charge on any atom is 0.246 e. The van der Waals surface area contributed by atoms with Gasteiger partial charge in [0.1, 0.15) is 0 Å². The Morgan fingerprint density at radius 2 is 1.80 bits per heavy atom. The second-order valence-corrected chi connectivity index (χ2v) is 4.14. The highest BCUT2D eigenvalue weighted by Crippen LogP contribution is 2.15. The molecular weight excluding hydrogens is 188 g/mol. The largest absolute Gasteiger partial charge is 0.381 e. The Morgan fingerprint density at radius 1 is 1.20 bits per heavy atom. The molecule has 0 aliphatic carbocycles. The highest BCUT2D eigenvalue weighted by Gasteiger charge is 2.09. The lowest BCUT2D eigenvalue weighted by molar-refractivity contribution is -0.114. The van der Waals surface area contributed by atoms with Crippen molar-refractivity contribution in [1.82, 2.24) is 4.90 Å². The smallest absolute Gasteiger partial charge is 0.246 e. The number of amides is 1. The van der Waals surface area contributed by atoms with Gasteiger partial charge in [-0.05, 0) is 19.8 Å². The van der Waals surface area contributed by atoms with Crippen molar-refractivity contribution in [3.63, 3.8) is 0 Å². The SMILES string of the molecule is CCCCCCC(=C(C)C(N)=O)N(C)C. The maximum absolute atomic E-state index is 11.1. The number of carbonyl (C=O) groups excluding carboxylic acids is 1. The van der Waals surface area contributed by atoms with Gasteiger partial charge < -0.3 is 10.6 Å². The van der Waals surface area contributed by atoms with Crippen LogP contribution in [0.25, 0.3) is 0 Å². The van der Waals surface area contributed by atoms with Gasteiger partial charge in [0.15, 0.2) is 0 Å². The van der Waals surface area contributed by atoms with Gasteiger partial charge in [0.2, 0.25) is 5.91 Å². The normalized spacial score (nSPS) is 12.3. The fourth-order valence-corrected chi connectivity index (χ4v) is 1.61. The van der Waals surface area contributed by atoms with Crippen LogP contribution >= 0.6 is 0 Å². The zero-order valence-electron chi connectivity index (χ0n) is 10.5. The molecule has 0 aromatic rings. The summed E-state index contributed by atoms with van der Waals surface area (Å²) < 4.78 is 0. The fraction of sp³-hybridized carbons (Fsp3) is 0.750. The predicted molar refractivity (Wildman–Crippen MR) is 64.3 cm³/mol. The molecule has 0 unspecified atom stereocenters. The third-order valence-corrected chi connectivity index (χ3v) is 2.61. The van der Waals surface area contributed by atoms with Crippen LogP contribution in [0.1, 0.15) is 46.0 Å². The topological polar surface area (TPSA) is 46.3 Å². The van der Waals surface area contributed by atoms with E-state index in [4.69, 9.17) is 5.73 Å². The molecule has 0 radical (unpaired) electrons. The third-order valence-electron chi connectivity index (χ3n) is 2.61. The average Bonchev–Trinajstić information content (AvgIpc) is 2.16. The quantitative estimate of drug-likeness (QED) is 0.520. The molecule has 0 aromatic carbocycles. The second-order valence-electron chi connectivity index (χ2n) is 4.14. The molecule has 3 nitrogen and oxygen atoms in total. The van der Waals surface area contributed by atoms with Crippen LogP contribution in [0.2, 0.25) is 0 Å². The van der Waals surface area contributed by atoms with E-state index in [1.165, 1.54) is 19.3 Å². The van der Waals surface area contributed by atoms with E-state index in [2.05, 4.69) is 6.92 Å². The lowest BCUT2D eigenvalue weighted by Crippen LogP contribution is -2.20. The summed E-state index contributed by atoms with van der Waals surface area (Å²) in [6, 6.07) is 0. The van der Waals surface area contributed by atoms with Gasteiger partial charge in [-0.2, -0.15) is 0 Å². The van der Waals surface area contributed by atoms with Crippen molar-refractivity contribution in [3.8, 4) is 0 Å². The summed E-state index contributed by atoms with van der Waals surface area (Å²) in [5.74, 6) is -0.311. The molecule has 0 saturated carbocycles. The van der Waals surface area contributed by atoms with Crippen LogP contribution in [0.15, 0.2) is 11.3 Å². The van der Waals surface area contributed by atoms with Crippen LogP contribution < -0.4 is 5.73 Å². The van der Waals surface area contributed by atoms with Crippen molar-refractivity contribution in [3.05, 3.63) is 11.3 Å². The molecule has 0 aromatic heterocycles. The molecule has 0 heterocycles. The van der Waals surface area contributed by atoms with Crippen LogP contribution in [0.4, 0.5) is 0 Å². The van der Waals surface area contributed by atoms with E-state index in [0.717, 1.165) is 18.5 Å². The number of hydrogen-bond donors (Lipinski definition) is 1. The molecule has 0 aliphatic rings. The minimum absolute atomic E-state index is 0.311. The van der Waals surface area contributed by atoms with E-state index in [9.17, 15) is 4.79 Å². The molecular formula is C12H24N2O. The zero-order chi connectivity index (χ0) is 11.8. The van der Waals surface area contributed by atoms with Gasteiger partial charge in [0, 0.05) is 25.4 Å². The second kappa shape index (κ2) is 7.32. The molecule has 15 heavy (non-hydrogen) atoms. The van der Waals surface area contributed by atoms with Crippen molar-refractivity contribution in [2.45, 2.75) is 46.0 Å². The van der Waals surface area contributed by atoms with Crippen LogP contribution in [-0.2, 0) is 4.79 Å². The summed E-state index contributed by atoms with van der Waals surface area (Å²) >= 11 is 0. The molecule has 88 valence electrons. The monoisotopic (exact) mass is 212 g/mol. The van der Waals surface area contributed by atoms with Gasteiger partial charge in [-0.25, -0.2) is 0 Å². The number of unbranched alkanes of at least 4 members (excludes halogenated alkanes) is 3. The molecule has 0 bridgehead atoms. The van der Waals surface area contributed by atoms with Crippen molar-refractivity contribution >= 4 is 5.91 Å². The Kier molecular flexibility index (Phi) is 6.84. The molecule has 0 aliphatic heterocycles.